The van der Waals surface area contributed by atoms with Crippen LogP contribution in [0.3, 0.4) is 0 Å². The first-order valence-corrected chi connectivity index (χ1v) is 5.28. The van der Waals surface area contributed by atoms with Crippen molar-refractivity contribution in [3.05, 3.63) is 69.5 Å². The fourth-order valence-corrected chi connectivity index (χ4v) is 1.72. The van der Waals surface area contributed by atoms with Gasteiger partial charge in [0.25, 0.3) is 5.69 Å². The number of pyridine rings is 1. The van der Waals surface area contributed by atoms with Crippen molar-refractivity contribution in [2.45, 2.75) is 6.42 Å². The number of benzene rings is 1. The van der Waals surface area contributed by atoms with Crippen LogP contribution in [0.15, 0.2) is 42.6 Å². The Balaban J connectivity index is 2.49. The zero-order valence-electron chi connectivity index (χ0n) is 9.41. The van der Waals surface area contributed by atoms with E-state index in [0.29, 0.717) is 12.0 Å². The van der Waals surface area contributed by atoms with E-state index < -0.39 is 4.92 Å². The van der Waals surface area contributed by atoms with E-state index in [2.05, 4.69) is 4.98 Å². The van der Waals surface area contributed by atoms with Gasteiger partial charge in [-0.15, -0.1) is 0 Å². The maximum absolute atomic E-state index is 10.9. The van der Waals surface area contributed by atoms with E-state index in [-0.39, 0.29) is 11.4 Å². The highest BCUT2D eigenvalue weighted by Crippen LogP contribution is 2.23. The van der Waals surface area contributed by atoms with Crippen molar-refractivity contribution < 1.29 is 4.92 Å². The Morgan fingerprint density at radius 3 is 2.61 bits per heavy atom. The summed E-state index contributed by atoms with van der Waals surface area (Å²) in [7, 11) is 0. The molecule has 5 nitrogen and oxygen atoms in total. The van der Waals surface area contributed by atoms with Crippen LogP contribution < -0.4 is 0 Å². The zero-order chi connectivity index (χ0) is 13.0. The molecule has 0 aliphatic heterocycles. The van der Waals surface area contributed by atoms with Gasteiger partial charge in [0.1, 0.15) is 6.07 Å². The molecule has 0 unspecified atom stereocenters. The van der Waals surface area contributed by atoms with Gasteiger partial charge in [-0.1, -0.05) is 30.3 Å². The highest BCUT2D eigenvalue weighted by atomic mass is 16.6. The smallest absolute Gasteiger partial charge is 0.258 e. The lowest BCUT2D eigenvalue weighted by molar-refractivity contribution is -0.385. The second-order valence-electron chi connectivity index (χ2n) is 3.69. The topological polar surface area (TPSA) is 79.8 Å². The van der Waals surface area contributed by atoms with Crippen LogP contribution in [-0.4, -0.2) is 9.91 Å². The molecule has 1 aromatic heterocycles. The summed E-state index contributed by atoms with van der Waals surface area (Å²) in [5, 5.41) is 19.9. The minimum atomic E-state index is -0.485. The van der Waals surface area contributed by atoms with Crippen LogP contribution in [0, 0.1) is 21.4 Å². The maximum atomic E-state index is 10.9. The van der Waals surface area contributed by atoms with Gasteiger partial charge in [-0.3, -0.25) is 10.1 Å². The molecule has 0 saturated heterocycles. The van der Waals surface area contributed by atoms with Crippen molar-refractivity contribution >= 4 is 5.69 Å². The van der Waals surface area contributed by atoms with Gasteiger partial charge < -0.3 is 0 Å². The molecule has 0 N–H and O–H groups in total. The predicted octanol–water partition coefficient (Wildman–Crippen LogP) is 2.45. The molecule has 2 aromatic rings. The molecule has 5 heteroatoms. The summed E-state index contributed by atoms with van der Waals surface area (Å²) in [5.74, 6) is 0. The van der Waals surface area contributed by atoms with Gasteiger partial charge in [0.05, 0.1) is 10.5 Å². The van der Waals surface area contributed by atoms with Gasteiger partial charge in [0.2, 0.25) is 0 Å². The number of nitro groups is 1. The summed E-state index contributed by atoms with van der Waals surface area (Å²) in [6.45, 7) is 0. The fraction of sp³-hybridized carbons (Fsp3) is 0.0769. The summed E-state index contributed by atoms with van der Waals surface area (Å²) < 4.78 is 0. The number of aromatic nitrogens is 1. The van der Waals surface area contributed by atoms with Gasteiger partial charge in [-0.25, -0.2) is 4.98 Å². The number of hydrogen-bond acceptors (Lipinski definition) is 4. The van der Waals surface area contributed by atoms with Crippen LogP contribution in [0.2, 0.25) is 0 Å². The third kappa shape index (κ3) is 2.33. The Morgan fingerprint density at radius 1 is 1.28 bits per heavy atom. The Kier molecular flexibility index (Phi) is 3.30. The third-order valence-corrected chi connectivity index (χ3v) is 2.56. The molecule has 0 aliphatic rings. The van der Waals surface area contributed by atoms with Gasteiger partial charge in [-0.05, 0) is 5.56 Å². The standard InChI is InChI=1S/C13H9N3O2/c14-9-12-11(8-10-4-2-1-3-5-10)13(16(17)18)6-7-15-12/h1-7H,8H2. The van der Waals surface area contributed by atoms with E-state index in [1.165, 1.54) is 12.3 Å². The van der Waals surface area contributed by atoms with E-state index in [1.807, 2.05) is 36.4 Å². The van der Waals surface area contributed by atoms with E-state index in [1.54, 1.807) is 0 Å². The molecule has 18 heavy (non-hydrogen) atoms. The maximum Gasteiger partial charge on any atom is 0.277 e. The van der Waals surface area contributed by atoms with Gasteiger partial charge in [-0.2, -0.15) is 5.26 Å². The van der Waals surface area contributed by atoms with Crippen LogP contribution in [0.5, 0.6) is 0 Å². The van der Waals surface area contributed by atoms with Gasteiger partial charge >= 0.3 is 0 Å². The molecule has 0 saturated carbocycles. The molecular formula is C13H9N3O2. The Labute approximate surface area is 103 Å². The molecule has 0 aliphatic carbocycles. The molecule has 1 aromatic carbocycles. The molecule has 0 radical (unpaired) electrons. The number of nitrogens with zero attached hydrogens (tertiary/aromatic N) is 3. The Hall–Kier alpha value is -2.74. The quantitative estimate of drug-likeness (QED) is 0.608. The highest BCUT2D eigenvalue weighted by Gasteiger charge is 2.18. The average molecular weight is 239 g/mol. The van der Waals surface area contributed by atoms with Gasteiger partial charge in [0.15, 0.2) is 5.69 Å². The SMILES string of the molecule is N#Cc1nccc([N+](=O)[O-])c1Cc1ccccc1. The van der Waals surface area contributed by atoms with Crippen molar-refractivity contribution in [1.29, 1.82) is 5.26 Å². The summed E-state index contributed by atoms with van der Waals surface area (Å²) in [4.78, 5) is 14.3. The summed E-state index contributed by atoms with van der Waals surface area (Å²) in [5.41, 5.74) is 1.31. The lowest BCUT2D eigenvalue weighted by Crippen LogP contribution is -2.01. The fourth-order valence-electron chi connectivity index (χ4n) is 1.72. The van der Waals surface area contributed by atoms with Crippen molar-refractivity contribution in [3.63, 3.8) is 0 Å². The van der Waals surface area contributed by atoms with Crippen molar-refractivity contribution in [3.8, 4) is 6.07 Å². The van der Waals surface area contributed by atoms with Crippen LogP contribution in [0.1, 0.15) is 16.8 Å². The average Bonchev–Trinajstić information content (AvgIpc) is 2.40. The largest absolute Gasteiger partial charge is 0.277 e. The molecule has 0 fully saturated rings. The Bertz CT molecular complexity index is 618. The van der Waals surface area contributed by atoms with Crippen molar-refractivity contribution in [2.24, 2.45) is 0 Å². The predicted molar refractivity (Wildman–Crippen MR) is 64.9 cm³/mol. The lowest BCUT2D eigenvalue weighted by Gasteiger charge is -2.04. The van der Waals surface area contributed by atoms with Crippen molar-refractivity contribution in [1.82, 2.24) is 4.98 Å². The molecular weight excluding hydrogens is 230 g/mol. The number of rotatable bonds is 3. The molecule has 88 valence electrons. The van der Waals surface area contributed by atoms with Crippen molar-refractivity contribution in [2.75, 3.05) is 0 Å². The van der Waals surface area contributed by atoms with E-state index in [9.17, 15) is 10.1 Å². The first-order valence-electron chi connectivity index (χ1n) is 5.28. The second kappa shape index (κ2) is 5.06. The second-order valence-corrected chi connectivity index (χ2v) is 3.69. The minimum absolute atomic E-state index is 0.0644. The number of hydrogen-bond donors (Lipinski definition) is 0. The van der Waals surface area contributed by atoms with Crippen LogP contribution in [-0.2, 0) is 6.42 Å². The molecule has 0 atom stereocenters. The van der Waals surface area contributed by atoms with Crippen LogP contribution in [0.4, 0.5) is 5.69 Å². The third-order valence-electron chi connectivity index (χ3n) is 2.56. The highest BCUT2D eigenvalue weighted by molar-refractivity contribution is 5.49. The lowest BCUT2D eigenvalue weighted by atomic mass is 10.0. The first-order chi connectivity index (χ1) is 8.72. The molecule has 0 spiro atoms. The zero-order valence-corrected chi connectivity index (χ0v) is 9.41. The Morgan fingerprint density at radius 2 is 2.00 bits per heavy atom. The first kappa shape index (κ1) is 11.7. The van der Waals surface area contributed by atoms with E-state index in [0.717, 1.165) is 5.56 Å². The summed E-state index contributed by atoms with van der Waals surface area (Å²) in [6, 6.07) is 12.5. The van der Waals surface area contributed by atoms with Gasteiger partial charge in [0, 0.05) is 18.7 Å². The minimum Gasteiger partial charge on any atom is -0.258 e. The molecule has 1 heterocycles. The number of nitriles is 1. The molecule has 0 bridgehead atoms. The summed E-state index contributed by atoms with van der Waals surface area (Å²) >= 11 is 0. The monoisotopic (exact) mass is 239 g/mol. The van der Waals surface area contributed by atoms with Crippen LogP contribution >= 0.6 is 0 Å². The van der Waals surface area contributed by atoms with E-state index in [4.69, 9.17) is 5.26 Å². The van der Waals surface area contributed by atoms with Crippen LogP contribution in [0.25, 0.3) is 0 Å². The normalized spacial score (nSPS) is 9.72. The molecule has 2 rings (SSSR count). The molecule has 0 amide bonds. The van der Waals surface area contributed by atoms with E-state index >= 15 is 0 Å². The summed E-state index contributed by atoms with van der Waals surface area (Å²) in [6.07, 6.45) is 1.61.